The number of hydrogen-bond donors (Lipinski definition) is 2. The van der Waals surface area contributed by atoms with Crippen LogP contribution in [0.5, 0.6) is 0 Å². The van der Waals surface area contributed by atoms with Crippen molar-refractivity contribution in [3.8, 4) is 0 Å². The van der Waals surface area contributed by atoms with Crippen LogP contribution in [0.4, 0.5) is 0 Å². The molecule has 0 aromatic heterocycles. The van der Waals surface area contributed by atoms with Gasteiger partial charge in [0.1, 0.15) is 0 Å². The zero-order chi connectivity index (χ0) is 18.0. The predicted octanol–water partition coefficient (Wildman–Crippen LogP) is 2.21. The summed E-state index contributed by atoms with van der Waals surface area (Å²) in [6.45, 7) is 3.90. The number of carbonyl (C=O) groups is 2. The van der Waals surface area contributed by atoms with Gasteiger partial charge in [-0.15, -0.1) is 0 Å². The highest BCUT2D eigenvalue weighted by atomic mass is 16.2. The molecule has 4 rings (SSSR count). The second-order valence-corrected chi connectivity index (χ2v) is 8.15. The van der Waals surface area contributed by atoms with E-state index in [1.165, 1.54) is 12.8 Å². The molecule has 2 saturated heterocycles. The maximum absolute atomic E-state index is 13.0. The first kappa shape index (κ1) is 17.5. The molecule has 0 bridgehead atoms. The Labute approximate surface area is 155 Å². The Bertz CT molecular complexity index is 690. The molecular formula is C21H29N3O2. The normalized spacial score (nSPS) is 28.2. The van der Waals surface area contributed by atoms with Crippen molar-refractivity contribution in [1.29, 1.82) is 0 Å². The van der Waals surface area contributed by atoms with E-state index < -0.39 is 0 Å². The van der Waals surface area contributed by atoms with Gasteiger partial charge in [0.25, 0.3) is 0 Å². The molecule has 1 saturated carbocycles. The zero-order valence-corrected chi connectivity index (χ0v) is 15.4. The Kier molecular flexibility index (Phi) is 4.98. The first-order valence-corrected chi connectivity index (χ1v) is 10.0. The van der Waals surface area contributed by atoms with E-state index in [1.54, 1.807) is 0 Å². The van der Waals surface area contributed by atoms with Gasteiger partial charge in [-0.25, -0.2) is 0 Å². The number of nitrogens with zero attached hydrogens (tertiary/aromatic N) is 1. The smallest absolute Gasteiger partial charge is 0.228 e. The summed E-state index contributed by atoms with van der Waals surface area (Å²) >= 11 is 0. The second-order valence-electron chi connectivity index (χ2n) is 8.15. The lowest BCUT2D eigenvalue weighted by Crippen LogP contribution is -2.47. The van der Waals surface area contributed by atoms with Crippen molar-refractivity contribution in [2.75, 3.05) is 19.6 Å². The van der Waals surface area contributed by atoms with Crippen molar-refractivity contribution >= 4 is 11.8 Å². The fourth-order valence-corrected chi connectivity index (χ4v) is 4.98. The Morgan fingerprint density at radius 1 is 1.27 bits per heavy atom. The summed E-state index contributed by atoms with van der Waals surface area (Å²) in [4.78, 5) is 26.7. The molecule has 0 spiro atoms. The molecule has 5 heteroatoms. The van der Waals surface area contributed by atoms with E-state index in [4.69, 9.17) is 0 Å². The van der Waals surface area contributed by atoms with Crippen LogP contribution in [0.3, 0.4) is 0 Å². The minimum atomic E-state index is -0.197. The third-order valence-corrected chi connectivity index (χ3v) is 6.48. The molecule has 2 N–H and O–H groups in total. The van der Waals surface area contributed by atoms with Crippen LogP contribution in [-0.2, 0) is 22.7 Å². The maximum atomic E-state index is 13.0. The third-order valence-electron chi connectivity index (χ3n) is 6.48. The monoisotopic (exact) mass is 355 g/mol. The second kappa shape index (κ2) is 7.39. The van der Waals surface area contributed by atoms with Gasteiger partial charge in [-0.05, 0) is 42.9 Å². The van der Waals surface area contributed by atoms with Crippen molar-refractivity contribution in [3.63, 3.8) is 0 Å². The molecule has 3 fully saturated rings. The van der Waals surface area contributed by atoms with Crippen molar-refractivity contribution in [2.45, 2.75) is 51.6 Å². The predicted molar refractivity (Wildman–Crippen MR) is 100 cm³/mol. The van der Waals surface area contributed by atoms with Crippen LogP contribution in [0.1, 0.15) is 49.7 Å². The standard InChI is InChI=1S/C21H29N3O2/c25-19-8-4-10-24(19)14-17-6-3-5-16(11-17)12-23-20(26)21-9-2-1-7-18(21)13-22-15-21/h3,5-6,11,18,22H,1-2,4,7-10,12-15H2,(H,23,26)/t18-,21+/m0/s1. The van der Waals surface area contributed by atoms with Crippen LogP contribution in [0.25, 0.3) is 0 Å². The molecule has 3 aliphatic rings. The maximum Gasteiger partial charge on any atom is 0.228 e. The van der Waals surface area contributed by atoms with Crippen molar-refractivity contribution in [1.82, 2.24) is 15.5 Å². The molecular weight excluding hydrogens is 326 g/mol. The van der Waals surface area contributed by atoms with E-state index in [0.717, 1.165) is 50.0 Å². The molecule has 2 amide bonds. The molecule has 2 aliphatic heterocycles. The van der Waals surface area contributed by atoms with Gasteiger partial charge in [0, 0.05) is 32.6 Å². The van der Waals surface area contributed by atoms with Crippen molar-refractivity contribution < 1.29 is 9.59 Å². The van der Waals surface area contributed by atoms with Gasteiger partial charge in [0.05, 0.1) is 5.41 Å². The number of nitrogens with one attached hydrogen (secondary N) is 2. The van der Waals surface area contributed by atoms with E-state index in [1.807, 2.05) is 11.0 Å². The summed E-state index contributed by atoms with van der Waals surface area (Å²) in [5.41, 5.74) is 2.05. The molecule has 1 aromatic rings. The minimum Gasteiger partial charge on any atom is -0.351 e. The zero-order valence-electron chi connectivity index (χ0n) is 15.4. The quantitative estimate of drug-likeness (QED) is 0.851. The minimum absolute atomic E-state index is 0.197. The molecule has 2 heterocycles. The fraction of sp³-hybridized carbons (Fsp3) is 0.619. The number of likely N-dealkylation sites (tertiary alicyclic amines) is 1. The van der Waals surface area contributed by atoms with Crippen molar-refractivity contribution in [3.05, 3.63) is 35.4 Å². The Morgan fingerprint density at radius 2 is 2.15 bits per heavy atom. The number of fused-ring (bicyclic) bond motifs is 1. The highest BCUT2D eigenvalue weighted by Gasteiger charge is 2.49. The average Bonchev–Trinajstić information content (AvgIpc) is 3.27. The van der Waals surface area contributed by atoms with Gasteiger partial charge < -0.3 is 15.5 Å². The first-order valence-electron chi connectivity index (χ1n) is 10.0. The van der Waals surface area contributed by atoms with E-state index >= 15 is 0 Å². The van der Waals surface area contributed by atoms with E-state index in [2.05, 4.69) is 28.8 Å². The number of hydrogen-bond acceptors (Lipinski definition) is 3. The SMILES string of the molecule is O=C1CCCN1Cc1cccc(CNC(=O)[C@@]23CCCC[C@H]2CNC3)c1. The molecule has 0 unspecified atom stereocenters. The van der Waals surface area contributed by atoms with E-state index in [0.29, 0.717) is 25.4 Å². The Hall–Kier alpha value is -1.88. The number of carbonyl (C=O) groups excluding carboxylic acids is 2. The highest BCUT2D eigenvalue weighted by molar-refractivity contribution is 5.84. The number of rotatable bonds is 5. The van der Waals surface area contributed by atoms with E-state index in [-0.39, 0.29) is 17.2 Å². The average molecular weight is 355 g/mol. The summed E-state index contributed by atoms with van der Waals surface area (Å²) in [5.74, 6) is 0.955. The number of amides is 2. The molecule has 2 atom stereocenters. The lowest BCUT2D eigenvalue weighted by molar-refractivity contribution is -0.134. The topological polar surface area (TPSA) is 61.4 Å². The number of benzene rings is 1. The van der Waals surface area contributed by atoms with Crippen LogP contribution in [0.2, 0.25) is 0 Å². The molecule has 1 aromatic carbocycles. The van der Waals surface area contributed by atoms with Gasteiger partial charge in [0.2, 0.25) is 11.8 Å². The van der Waals surface area contributed by atoms with Crippen LogP contribution in [0.15, 0.2) is 24.3 Å². The van der Waals surface area contributed by atoms with E-state index in [9.17, 15) is 9.59 Å². The summed E-state index contributed by atoms with van der Waals surface area (Å²) in [7, 11) is 0. The first-order chi connectivity index (χ1) is 12.7. The Morgan fingerprint density at radius 3 is 3.00 bits per heavy atom. The summed E-state index contributed by atoms with van der Waals surface area (Å²) < 4.78 is 0. The lowest BCUT2D eigenvalue weighted by Gasteiger charge is -2.37. The molecule has 5 nitrogen and oxygen atoms in total. The van der Waals surface area contributed by atoms with Crippen molar-refractivity contribution in [2.24, 2.45) is 11.3 Å². The van der Waals surface area contributed by atoms with Gasteiger partial charge in [0.15, 0.2) is 0 Å². The lowest BCUT2D eigenvalue weighted by atomic mass is 9.67. The molecule has 0 radical (unpaired) electrons. The fourth-order valence-electron chi connectivity index (χ4n) is 4.98. The summed E-state index contributed by atoms with van der Waals surface area (Å²) in [6.07, 6.45) is 6.22. The van der Waals surface area contributed by atoms with Gasteiger partial charge in [-0.1, -0.05) is 37.1 Å². The largest absolute Gasteiger partial charge is 0.351 e. The van der Waals surface area contributed by atoms with Crippen LogP contribution >= 0.6 is 0 Å². The van der Waals surface area contributed by atoms with Gasteiger partial charge in [-0.3, -0.25) is 9.59 Å². The summed E-state index contributed by atoms with van der Waals surface area (Å²) in [5, 5.41) is 6.64. The molecule has 1 aliphatic carbocycles. The summed E-state index contributed by atoms with van der Waals surface area (Å²) in [6, 6.07) is 8.26. The van der Waals surface area contributed by atoms with Crippen LogP contribution in [-0.4, -0.2) is 36.3 Å². The van der Waals surface area contributed by atoms with Gasteiger partial charge in [-0.2, -0.15) is 0 Å². The third kappa shape index (κ3) is 3.37. The van der Waals surface area contributed by atoms with Crippen LogP contribution in [0, 0.1) is 11.3 Å². The molecule has 140 valence electrons. The Balaban J connectivity index is 1.38. The van der Waals surface area contributed by atoms with Gasteiger partial charge >= 0.3 is 0 Å². The van der Waals surface area contributed by atoms with Crippen LogP contribution < -0.4 is 10.6 Å². The highest BCUT2D eigenvalue weighted by Crippen LogP contribution is 2.43. The molecule has 26 heavy (non-hydrogen) atoms.